The maximum atomic E-state index is 13.8. The summed E-state index contributed by atoms with van der Waals surface area (Å²) in [7, 11) is 4.44. The molecule has 0 aliphatic rings. The number of benzene rings is 4. The molecule has 1 heterocycles. The molecule has 4 aromatic carbocycles. The fourth-order valence-electron chi connectivity index (χ4n) is 5.05. The summed E-state index contributed by atoms with van der Waals surface area (Å²) >= 11 is 2.53. The standard InChI is InChI=1S/C38H35N5O8S2/c1-5-33(37(46)42-38-41-30(22-52-38)25-13-9-15-27(20-25)43(47)48)53-28-16-10-14-26(21-28)39-36(45)29(40-35(44)24-11-7-6-8-12-24)17-23-18-31(49-2)34(51-4)32(19-23)50-3/h6-22,33H,5H2,1-4H3,(H,39,45)(H,40,44)(H,41,42,46)/b29-17+. The Morgan fingerprint density at radius 1 is 0.906 bits per heavy atom. The predicted octanol–water partition coefficient (Wildman–Crippen LogP) is 7.66. The van der Waals surface area contributed by atoms with Crippen molar-refractivity contribution in [2.24, 2.45) is 0 Å². The highest BCUT2D eigenvalue weighted by molar-refractivity contribution is 8.00. The van der Waals surface area contributed by atoms with Gasteiger partial charge >= 0.3 is 0 Å². The minimum atomic E-state index is -0.599. The van der Waals surface area contributed by atoms with Crippen LogP contribution in [0.4, 0.5) is 16.5 Å². The number of aromatic nitrogens is 1. The van der Waals surface area contributed by atoms with Crippen LogP contribution in [0.25, 0.3) is 17.3 Å². The van der Waals surface area contributed by atoms with Gasteiger partial charge in [0, 0.05) is 39.2 Å². The summed E-state index contributed by atoms with van der Waals surface area (Å²) in [6.45, 7) is 1.88. The van der Waals surface area contributed by atoms with Gasteiger partial charge in [-0.15, -0.1) is 23.1 Å². The molecule has 1 aromatic heterocycles. The summed E-state index contributed by atoms with van der Waals surface area (Å²) in [6, 6.07) is 24.9. The largest absolute Gasteiger partial charge is 0.493 e. The number of thioether (sulfide) groups is 1. The van der Waals surface area contributed by atoms with E-state index in [1.165, 1.54) is 62.6 Å². The van der Waals surface area contributed by atoms with E-state index in [1.807, 2.05) is 13.0 Å². The average molecular weight is 754 g/mol. The van der Waals surface area contributed by atoms with Gasteiger partial charge in [0.05, 0.1) is 37.2 Å². The Hall–Kier alpha value is -6.19. The van der Waals surface area contributed by atoms with Crippen LogP contribution in [0.2, 0.25) is 0 Å². The number of nitro benzene ring substituents is 1. The number of amides is 3. The maximum Gasteiger partial charge on any atom is 0.272 e. The second kappa shape index (κ2) is 17.8. The van der Waals surface area contributed by atoms with Gasteiger partial charge < -0.3 is 30.2 Å². The molecule has 53 heavy (non-hydrogen) atoms. The number of nitrogens with zero attached hydrogens (tertiary/aromatic N) is 2. The zero-order valence-electron chi connectivity index (χ0n) is 29.1. The first-order valence-corrected chi connectivity index (χ1v) is 17.9. The zero-order valence-corrected chi connectivity index (χ0v) is 30.7. The smallest absolute Gasteiger partial charge is 0.272 e. The average Bonchev–Trinajstić information content (AvgIpc) is 3.65. The van der Waals surface area contributed by atoms with Crippen molar-refractivity contribution in [3.8, 4) is 28.5 Å². The topological polar surface area (TPSA) is 171 Å². The molecule has 0 bridgehead atoms. The number of non-ortho nitro benzene ring substituents is 1. The Labute approximate surface area is 313 Å². The number of hydrogen-bond acceptors (Lipinski definition) is 11. The van der Waals surface area contributed by atoms with Crippen LogP contribution in [0.1, 0.15) is 29.3 Å². The molecule has 5 aromatic rings. The molecule has 3 N–H and O–H groups in total. The van der Waals surface area contributed by atoms with Crippen molar-refractivity contribution in [2.45, 2.75) is 23.5 Å². The predicted molar refractivity (Wildman–Crippen MR) is 206 cm³/mol. The molecule has 0 saturated carbocycles. The van der Waals surface area contributed by atoms with Crippen molar-refractivity contribution in [1.29, 1.82) is 0 Å². The Morgan fingerprint density at radius 3 is 2.28 bits per heavy atom. The first-order valence-electron chi connectivity index (χ1n) is 16.1. The minimum absolute atomic E-state index is 0.0510. The lowest BCUT2D eigenvalue weighted by molar-refractivity contribution is -0.384. The number of carbonyl (C=O) groups is 3. The molecule has 13 nitrogen and oxygen atoms in total. The first-order chi connectivity index (χ1) is 25.6. The van der Waals surface area contributed by atoms with Crippen LogP contribution in [0.15, 0.2) is 107 Å². The molecule has 0 saturated heterocycles. The van der Waals surface area contributed by atoms with E-state index in [0.717, 1.165) is 0 Å². The molecule has 0 spiro atoms. The molecule has 3 amide bonds. The molecular formula is C38H35N5O8S2. The molecule has 0 aliphatic heterocycles. The third kappa shape index (κ3) is 9.78. The molecule has 0 fully saturated rings. The molecule has 0 aliphatic carbocycles. The van der Waals surface area contributed by atoms with E-state index in [1.54, 1.807) is 78.2 Å². The highest BCUT2D eigenvalue weighted by Crippen LogP contribution is 2.39. The van der Waals surface area contributed by atoms with Crippen LogP contribution in [-0.4, -0.2) is 54.2 Å². The number of nitro groups is 1. The van der Waals surface area contributed by atoms with Crippen molar-refractivity contribution >= 4 is 63.4 Å². The van der Waals surface area contributed by atoms with Crippen molar-refractivity contribution in [3.63, 3.8) is 0 Å². The molecule has 15 heteroatoms. The van der Waals surface area contributed by atoms with E-state index in [0.29, 0.717) is 61.8 Å². The Bertz CT molecular complexity index is 2130. The van der Waals surface area contributed by atoms with Crippen LogP contribution >= 0.6 is 23.1 Å². The third-order valence-corrected chi connectivity index (χ3v) is 9.76. The fourth-order valence-corrected chi connectivity index (χ4v) is 6.79. The van der Waals surface area contributed by atoms with Gasteiger partial charge in [-0.05, 0) is 60.5 Å². The quantitative estimate of drug-likeness (QED) is 0.0417. The number of rotatable bonds is 15. The summed E-state index contributed by atoms with van der Waals surface area (Å²) in [5.41, 5.74) is 2.26. The first kappa shape index (κ1) is 38.1. The SMILES string of the molecule is CCC(Sc1cccc(NC(=O)/C(=C\c2cc(OC)c(OC)c(OC)c2)NC(=O)c2ccccc2)c1)C(=O)Nc1nc(-c2cccc([N+](=O)[O-])c2)cs1. The van der Waals surface area contributed by atoms with Gasteiger partial charge in [-0.2, -0.15) is 0 Å². The van der Waals surface area contributed by atoms with Gasteiger partial charge in [0.15, 0.2) is 16.6 Å². The van der Waals surface area contributed by atoms with Crippen LogP contribution in [-0.2, 0) is 9.59 Å². The number of thiazole rings is 1. The molecule has 0 radical (unpaired) electrons. The van der Waals surface area contributed by atoms with E-state index < -0.39 is 22.0 Å². The normalized spacial score (nSPS) is 11.6. The molecule has 5 rings (SSSR count). The maximum absolute atomic E-state index is 13.8. The van der Waals surface area contributed by atoms with Gasteiger partial charge in [0.1, 0.15) is 5.70 Å². The van der Waals surface area contributed by atoms with Crippen molar-refractivity contribution in [1.82, 2.24) is 10.3 Å². The second-order valence-electron chi connectivity index (χ2n) is 11.2. The number of carbonyl (C=O) groups excluding carboxylic acids is 3. The molecule has 1 atom stereocenters. The number of anilines is 2. The van der Waals surface area contributed by atoms with Crippen LogP contribution < -0.4 is 30.2 Å². The van der Waals surface area contributed by atoms with Crippen molar-refractivity contribution in [3.05, 3.63) is 123 Å². The van der Waals surface area contributed by atoms with Crippen molar-refractivity contribution in [2.75, 3.05) is 32.0 Å². The number of ether oxygens (including phenoxy) is 3. The van der Waals surface area contributed by atoms with E-state index in [-0.39, 0.29) is 17.3 Å². The van der Waals surface area contributed by atoms with E-state index in [9.17, 15) is 24.5 Å². The monoisotopic (exact) mass is 753 g/mol. The number of methoxy groups -OCH3 is 3. The second-order valence-corrected chi connectivity index (χ2v) is 13.3. The Balaban J connectivity index is 1.33. The minimum Gasteiger partial charge on any atom is -0.493 e. The Morgan fingerprint density at radius 2 is 1.62 bits per heavy atom. The van der Waals surface area contributed by atoms with Gasteiger partial charge in [-0.1, -0.05) is 43.3 Å². The zero-order chi connectivity index (χ0) is 37.9. The summed E-state index contributed by atoms with van der Waals surface area (Å²) in [5, 5.41) is 21.2. The van der Waals surface area contributed by atoms with E-state index in [4.69, 9.17) is 14.2 Å². The Kier molecular flexibility index (Phi) is 12.8. The van der Waals surface area contributed by atoms with Crippen LogP contribution in [0.5, 0.6) is 17.2 Å². The van der Waals surface area contributed by atoms with Gasteiger partial charge in [-0.3, -0.25) is 24.5 Å². The highest BCUT2D eigenvalue weighted by Gasteiger charge is 2.22. The molecular weight excluding hydrogens is 719 g/mol. The van der Waals surface area contributed by atoms with Gasteiger partial charge in [0.2, 0.25) is 11.7 Å². The van der Waals surface area contributed by atoms with Crippen LogP contribution in [0.3, 0.4) is 0 Å². The molecule has 272 valence electrons. The lowest BCUT2D eigenvalue weighted by atomic mass is 10.1. The summed E-state index contributed by atoms with van der Waals surface area (Å²) in [6.07, 6.45) is 1.99. The van der Waals surface area contributed by atoms with Gasteiger partial charge in [0.25, 0.3) is 17.5 Å². The van der Waals surface area contributed by atoms with E-state index in [2.05, 4.69) is 20.9 Å². The fraction of sp³-hybridized carbons (Fsp3) is 0.158. The van der Waals surface area contributed by atoms with Crippen LogP contribution in [0, 0.1) is 10.1 Å². The highest BCUT2D eigenvalue weighted by atomic mass is 32.2. The summed E-state index contributed by atoms with van der Waals surface area (Å²) in [4.78, 5) is 56.2. The lowest BCUT2D eigenvalue weighted by Gasteiger charge is -2.16. The summed E-state index contributed by atoms with van der Waals surface area (Å²) < 4.78 is 16.3. The number of hydrogen-bond donors (Lipinski definition) is 3. The third-order valence-electron chi connectivity index (χ3n) is 7.65. The number of nitrogens with one attached hydrogen (secondary N) is 3. The summed E-state index contributed by atoms with van der Waals surface area (Å²) in [5.74, 6) is -0.257. The van der Waals surface area contributed by atoms with E-state index >= 15 is 0 Å². The van der Waals surface area contributed by atoms with Crippen molar-refractivity contribution < 1.29 is 33.5 Å². The lowest BCUT2D eigenvalue weighted by Crippen LogP contribution is -2.30. The molecule has 1 unspecified atom stereocenters. The van der Waals surface area contributed by atoms with Gasteiger partial charge in [-0.25, -0.2) is 4.98 Å².